The van der Waals surface area contributed by atoms with Crippen LogP contribution in [0.3, 0.4) is 0 Å². The molecular weight excluding hydrogens is 252 g/mol. The molecule has 2 atom stereocenters. The van der Waals surface area contributed by atoms with E-state index in [9.17, 15) is 4.79 Å². The van der Waals surface area contributed by atoms with Crippen molar-refractivity contribution >= 4 is 17.6 Å². The number of likely N-dealkylation sites (tertiary alicyclic amines) is 1. The van der Waals surface area contributed by atoms with Crippen LogP contribution in [0.2, 0.25) is 5.02 Å². The zero-order chi connectivity index (χ0) is 13.1. The van der Waals surface area contributed by atoms with Gasteiger partial charge >= 0.3 is 5.97 Å². The Kier molecular flexibility index (Phi) is 4.22. The predicted molar refractivity (Wildman–Crippen MR) is 70.9 cm³/mol. The van der Waals surface area contributed by atoms with Gasteiger partial charge < -0.3 is 10.8 Å². The monoisotopic (exact) mass is 268 g/mol. The number of carboxylic acids is 1. The number of benzene rings is 1. The van der Waals surface area contributed by atoms with Crippen molar-refractivity contribution < 1.29 is 9.90 Å². The summed E-state index contributed by atoms with van der Waals surface area (Å²) in [5.41, 5.74) is 7.13. The molecule has 18 heavy (non-hydrogen) atoms. The van der Waals surface area contributed by atoms with Crippen LogP contribution >= 0.6 is 11.6 Å². The van der Waals surface area contributed by atoms with E-state index >= 15 is 0 Å². The topological polar surface area (TPSA) is 66.6 Å². The molecule has 1 fully saturated rings. The molecule has 98 valence electrons. The van der Waals surface area contributed by atoms with Gasteiger partial charge in [-0.05, 0) is 30.0 Å². The minimum atomic E-state index is -0.811. The molecule has 0 bridgehead atoms. The van der Waals surface area contributed by atoms with Gasteiger partial charge in [0.25, 0.3) is 0 Å². The normalized spacial score (nSPS) is 25.0. The molecule has 0 aliphatic carbocycles. The van der Waals surface area contributed by atoms with Crippen LogP contribution in [0.25, 0.3) is 0 Å². The first-order chi connectivity index (χ1) is 8.54. The van der Waals surface area contributed by atoms with Gasteiger partial charge in [-0.1, -0.05) is 23.7 Å². The van der Waals surface area contributed by atoms with Gasteiger partial charge in [0.05, 0.1) is 6.54 Å². The maximum atomic E-state index is 10.8. The number of carboxylic acid groups (broad SMARTS) is 1. The Morgan fingerprint density at radius 2 is 2.28 bits per heavy atom. The maximum Gasteiger partial charge on any atom is 0.317 e. The van der Waals surface area contributed by atoms with E-state index in [0.717, 1.165) is 18.5 Å². The molecule has 4 nitrogen and oxygen atoms in total. The molecule has 0 amide bonds. The van der Waals surface area contributed by atoms with Crippen molar-refractivity contribution in [3.05, 3.63) is 34.9 Å². The molecule has 1 aromatic rings. The first kappa shape index (κ1) is 13.3. The van der Waals surface area contributed by atoms with E-state index in [1.807, 2.05) is 29.2 Å². The van der Waals surface area contributed by atoms with Crippen LogP contribution in [0.5, 0.6) is 0 Å². The summed E-state index contributed by atoms with van der Waals surface area (Å²) in [7, 11) is 0. The molecule has 1 aliphatic rings. The van der Waals surface area contributed by atoms with Crippen LogP contribution in [-0.2, 0) is 4.79 Å². The van der Waals surface area contributed by atoms with E-state index in [0.29, 0.717) is 11.6 Å². The number of nitrogens with two attached hydrogens (primary N) is 1. The molecule has 2 unspecified atom stereocenters. The van der Waals surface area contributed by atoms with Crippen LogP contribution in [0.1, 0.15) is 17.9 Å². The number of aliphatic carboxylic acids is 1. The van der Waals surface area contributed by atoms with Crippen LogP contribution in [0.4, 0.5) is 0 Å². The molecule has 0 radical (unpaired) electrons. The Labute approximate surface area is 111 Å². The highest BCUT2D eigenvalue weighted by Crippen LogP contribution is 2.27. The van der Waals surface area contributed by atoms with E-state index in [-0.39, 0.29) is 18.5 Å². The first-order valence-electron chi connectivity index (χ1n) is 6.00. The average Bonchev–Trinajstić information content (AvgIpc) is 2.27. The first-order valence-corrected chi connectivity index (χ1v) is 6.37. The van der Waals surface area contributed by atoms with E-state index in [1.54, 1.807) is 0 Å². The van der Waals surface area contributed by atoms with Gasteiger partial charge in [0, 0.05) is 24.2 Å². The summed E-state index contributed by atoms with van der Waals surface area (Å²) >= 11 is 5.98. The van der Waals surface area contributed by atoms with Gasteiger partial charge in [0.1, 0.15) is 0 Å². The fourth-order valence-corrected chi connectivity index (χ4v) is 2.75. The zero-order valence-corrected chi connectivity index (χ0v) is 10.8. The number of hydrogen-bond acceptors (Lipinski definition) is 3. The van der Waals surface area contributed by atoms with Crippen LogP contribution in [0.15, 0.2) is 24.3 Å². The lowest BCUT2D eigenvalue weighted by molar-refractivity contribution is -0.138. The number of piperidine rings is 1. The summed E-state index contributed by atoms with van der Waals surface area (Å²) in [5.74, 6) is -0.555. The van der Waals surface area contributed by atoms with Crippen molar-refractivity contribution in [2.75, 3.05) is 19.6 Å². The Morgan fingerprint density at radius 1 is 1.50 bits per heavy atom. The van der Waals surface area contributed by atoms with Crippen LogP contribution < -0.4 is 5.73 Å². The maximum absolute atomic E-state index is 10.8. The van der Waals surface area contributed by atoms with Crippen molar-refractivity contribution in [3.63, 3.8) is 0 Å². The summed E-state index contributed by atoms with van der Waals surface area (Å²) in [4.78, 5) is 12.7. The van der Waals surface area contributed by atoms with Gasteiger partial charge in [0.15, 0.2) is 0 Å². The van der Waals surface area contributed by atoms with Gasteiger partial charge in [-0.15, -0.1) is 0 Å². The number of rotatable bonds is 3. The van der Waals surface area contributed by atoms with Gasteiger partial charge in [-0.25, -0.2) is 0 Å². The SMILES string of the molecule is NC1CC(c2cccc(Cl)c2)CN(CC(=O)O)C1. The Morgan fingerprint density at radius 3 is 2.94 bits per heavy atom. The van der Waals surface area contributed by atoms with E-state index in [1.165, 1.54) is 0 Å². The Balaban J connectivity index is 2.10. The summed E-state index contributed by atoms with van der Waals surface area (Å²) in [6.07, 6.45) is 0.871. The average molecular weight is 269 g/mol. The standard InChI is InChI=1S/C13H17ClN2O2/c14-11-3-1-2-9(4-11)10-5-12(15)7-16(6-10)8-13(17)18/h1-4,10,12H,5-8,15H2,(H,17,18). The molecule has 1 aliphatic heterocycles. The number of hydrogen-bond donors (Lipinski definition) is 2. The van der Waals surface area contributed by atoms with Crippen LogP contribution in [-0.4, -0.2) is 41.7 Å². The molecule has 1 aromatic carbocycles. The third kappa shape index (κ3) is 3.45. The molecule has 3 N–H and O–H groups in total. The van der Waals surface area contributed by atoms with Gasteiger partial charge in [-0.3, -0.25) is 9.69 Å². The fourth-order valence-electron chi connectivity index (χ4n) is 2.55. The third-order valence-corrected chi connectivity index (χ3v) is 3.47. The molecule has 2 rings (SSSR count). The van der Waals surface area contributed by atoms with Crippen molar-refractivity contribution in [2.24, 2.45) is 5.73 Å². The van der Waals surface area contributed by atoms with E-state index in [4.69, 9.17) is 22.4 Å². The summed E-state index contributed by atoms with van der Waals surface area (Å²) < 4.78 is 0. The smallest absolute Gasteiger partial charge is 0.317 e. The second-order valence-corrected chi connectivity index (χ2v) is 5.27. The Hall–Kier alpha value is -1.10. The van der Waals surface area contributed by atoms with E-state index < -0.39 is 5.97 Å². The lowest BCUT2D eigenvalue weighted by atomic mass is 9.88. The van der Waals surface area contributed by atoms with Gasteiger partial charge in [-0.2, -0.15) is 0 Å². The van der Waals surface area contributed by atoms with Gasteiger partial charge in [0.2, 0.25) is 0 Å². The highest BCUT2D eigenvalue weighted by molar-refractivity contribution is 6.30. The Bertz CT molecular complexity index is 439. The molecule has 0 saturated carbocycles. The fraction of sp³-hybridized carbons (Fsp3) is 0.462. The number of carbonyl (C=O) groups is 1. The predicted octanol–water partition coefficient (Wildman–Crippen LogP) is 1.54. The second-order valence-electron chi connectivity index (χ2n) is 4.84. The highest BCUT2D eigenvalue weighted by Gasteiger charge is 2.27. The quantitative estimate of drug-likeness (QED) is 0.873. The van der Waals surface area contributed by atoms with E-state index in [2.05, 4.69) is 0 Å². The van der Waals surface area contributed by atoms with Crippen molar-refractivity contribution in [1.29, 1.82) is 0 Å². The largest absolute Gasteiger partial charge is 0.480 e. The third-order valence-electron chi connectivity index (χ3n) is 3.24. The van der Waals surface area contributed by atoms with Crippen molar-refractivity contribution in [2.45, 2.75) is 18.4 Å². The number of halogens is 1. The second kappa shape index (κ2) is 5.69. The molecule has 1 saturated heterocycles. The summed E-state index contributed by atoms with van der Waals surface area (Å²) in [6.45, 7) is 1.41. The molecular formula is C13H17ClN2O2. The minimum Gasteiger partial charge on any atom is -0.480 e. The molecule has 1 heterocycles. The van der Waals surface area contributed by atoms with Crippen molar-refractivity contribution in [1.82, 2.24) is 4.90 Å². The highest BCUT2D eigenvalue weighted by atomic mass is 35.5. The lowest BCUT2D eigenvalue weighted by Gasteiger charge is -2.35. The molecule has 5 heteroatoms. The summed E-state index contributed by atoms with van der Waals surface area (Å²) in [5, 5.41) is 9.55. The molecule has 0 spiro atoms. The lowest BCUT2D eigenvalue weighted by Crippen LogP contribution is -2.47. The summed E-state index contributed by atoms with van der Waals surface area (Å²) in [6, 6.07) is 7.72. The van der Waals surface area contributed by atoms with Crippen LogP contribution in [0, 0.1) is 0 Å². The minimum absolute atomic E-state index is 0.0158. The number of nitrogens with zero attached hydrogens (tertiary/aromatic N) is 1. The van der Waals surface area contributed by atoms with Crippen molar-refractivity contribution in [3.8, 4) is 0 Å². The molecule has 0 aromatic heterocycles. The zero-order valence-electron chi connectivity index (χ0n) is 10.1.